The molecule has 55 heavy (non-hydrogen) atoms. The first-order chi connectivity index (χ1) is 27.0. The van der Waals surface area contributed by atoms with Crippen LogP contribution >= 0.6 is 0 Å². The summed E-state index contributed by atoms with van der Waals surface area (Å²) in [7, 11) is 0. The minimum Gasteiger partial charge on any atom is -0.458 e. The van der Waals surface area contributed by atoms with Gasteiger partial charge < -0.3 is 20.3 Å². The van der Waals surface area contributed by atoms with Crippen molar-refractivity contribution >= 4 is 11.9 Å². The van der Waals surface area contributed by atoms with Crippen molar-refractivity contribution in [3.63, 3.8) is 0 Å². The van der Waals surface area contributed by atoms with Crippen molar-refractivity contribution in [1.82, 2.24) is 5.32 Å². The van der Waals surface area contributed by atoms with Crippen molar-refractivity contribution < 1.29 is 24.5 Å². The highest BCUT2D eigenvalue weighted by Gasteiger charge is 2.23. The van der Waals surface area contributed by atoms with E-state index in [0.717, 1.165) is 57.8 Å². The van der Waals surface area contributed by atoms with Crippen molar-refractivity contribution in [3.05, 3.63) is 85.1 Å². The van der Waals surface area contributed by atoms with Crippen LogP contribution < -0.4 is 5.32 Å². The fourth-order valence-corrected chi connectivity index (χ4v) is 6.09. The van der Waals surface area contributed by atoms with Gasteiger partial charge in [-0.3, -0.25) is 9.59 Å². The summed E-state index contributed by atoms with van der Waals surface area (Å²) in [6, 6.07) is -0.748. The molecule has 1 amide bonds. The summed E-state index contributed by atoms with van der Waals surface area (Å²) in [5, 5.41) is 23.5. The van der Waals surface area contributed by atoms with Crippen LogP contribution in [0, 0.1) is 0 Å². The molecule has 3 N–H and O–H groups in total. The molecule has 0 spiro atoms. The molecular formula is C49H83NO5. The molecule has 6 heteroatoms. The van der Waals surface area contributed by atoms with E-state index in [1.54, 1.807) is 6.08 Å². The maximum absolute atomic E-state index is 13.1. The van der Waals surface area contributed by atoms with Gasteiger partial charge in [-0.15, -0.1) is 0 Å². The number of rotatable bonds is 38. The highest BCUT2D eigenvalue weighted by atomic mass is 16.5. The van der Waals surface area contributed by atoms with Crippen LogP contribution in [0.25, 0.3) is 0 Å². The molecule has 0 aliphatic heterocycles. The van der Waals surface area contributed by atoms with E-state index in [9.17, 15) is 19.8 Å². The number of aliphatic hydroxyl groups is 2. The number of aliphatic hydroxyl groups excluding tert-OH is 2. The summed E-state index contributed by atoms with van der Waals surface area (Å²) in [5.74, 6) is -0.713. The summed E-state index contributed by atoms with van der Waals surface area (Å²) in [6.07, 6.45) is 54.0. The molecule has 0 aromatic carbocycles. The second kappa shape index (κ2) is 42.2. The molecule has 3 atom stereocenters. The number of nitrogens with one attached hydrogen (secondary N) is 1. The number of allylic oxidation sites excluding steroid dienone is 13. The van der Waals surface area contributed by atoms with Gasteiger partial charge in [0.15, 0.2) is 0 Å². The molecule has 314 valence electrons. The molecule has 0 saturated carbocycles. The quantitative estimate of drug-likeness (QED) is 0.0330. The second-order valence-corrected chi connectivity index (χ2v) is 14.7. The summed E-state index contributed by atoms with van der Waals surface area (Å²) < 4.78 is 5.75. The zero-order valence-electron chi connectivity index (χ0n) is 35.5. The van der Waals surface area contributed by atoms with Gasteiger partial charge in [-0.25, -0.2) is 0 Å². The van der Waals surface area contributed by atoms with E-state index in [1.165, 1.54) is 77.0 Å². The second-order valence-electron chi connectivity index (χ2n) is 14.7. The molecule has 6 nitrogen and oxygen atoms in total. The first-order valence-electron chi connectivity index (χ1n) is 22.3. The maximum Gasteiger partial charge on any atom is 0.306 e. The fourth-order valence-electron chi connectivity index (χ4n) is 6.09. The third kappa shape index (κ3) is 37.7. The van der Waals surface area contributed by atoms with Crippen LogP contribution in [0.4, 0.5) is 0 Å². The third-order valence-corrected chi connectivity index (χ3v) is 9.47. The minimum atomic E-state index is -0.824. The largest absolute Gasteiger partial charge is 0.458 e. The van der Waals surface area contributed by atoms with Crippen LogP contribution in [0.2, 0.25) is 0 Å². The van der Waals surface area contributed by atoms with E-state index < -0.39 is 18.2 Å². The Hall–Kier alpha value is -2.96. The van der Waals surface area contributed by atoms with Gasteiger partial charge in [-0.05, 0) is 70.3 Å². The number of hydrogen-bond donors (Lipinski definition) is 3. The Kier molecular flexibility index (Phi) is 39.9. The average molecular weight is 766 g/mol. The number of ether oxygens (including phenoxy) is 1. The molecule has 0 radical (unpaired) electrons. The van der Waals surface area contributed by atoms with Gasteiger partial charge in [0.25, 0.3) is 0 Å². The van der Waals surface area contributed by atoms with Crippen molar-refractivity contribution in [1.29, 1.82) is 0 Å². The van der Waals surface area contributed by atoms with Crippen LogP contribution in [0.1, 0.15) is 188 Å². The first-order valence-corrected chi connectivity index (χ1v) is 22.3. The summed E-state index contributed by atoms with van der Waals surface area (Å²) in [6.45, 7) is 6.26. The number of carbonyl (C=O) groups excluding carboxylic acids is 2. The summed E-state index contributed by atoms with van der Waals surface area (Å²) >= 11 is 0. The van der Waals surface area contributed by atoms with Gasteiger partial charge in [0.1, 0.15) is 6.10 Å². The van der Waals surface area contributed by atoms with Gasteiger partial charge in [0.2, 0.25) is 5.91 Å². The van der Waals surface area contributed by atoms with Gasteiger partial charge >= 0.3 is 5.97 Å². The van der Waals surface area contributed by atoms with Crippen LogP contribution in [-0.2, 0) is 14.3 Å². The maximum atomic E-state index is 13.1. The number of amides is 1. The molecule has 0 rings (SSSR count). The Bertz CT molecular complexity index is 1080. The standard InChI is InChI=1S/C49H83NO5/c1-4-7-10-13-16-19-21-22-23-24-25-27-30-33-36-39-42-49(54)55-45(40-37-34-31-29-26-20-17-14-11-8-5-2)43-48(53)50-46(44-51)47(52)41-38-35-32-28-18-15-12-9-6-3/h7,10,16,19,22-23,25,27,29,31,33,36-37,40,45-47,51-52H,4-6,8-9,11-15,17-18,20-21,24,26,28,30,32,34-35,38-39,41-44H2,1-3H3,(H,50,53)/b10-7+,19-16+,23-22+,27-25+,31-29-,36-33+,40-37+. The van der Waals surface area contributed by atoms with Crippen molar-refractivity contribution in [2.45, 2.75) is 206 Å². The predicted molar refractivity (Wildman–Crippen MR) is 236 cm³/mol. The molecule has 0 saturated heterocycles. The number of esters is 1. The van der Waals surface area contributed by atoms with Crippen molar-refractivity contribution in [3.8, 4) is 0 Å². The third-order valence-electron chi connectivity index (χ3n) is 9.47. The monoisotopic (exact) mass is 766 g/mol. The van der Waals surface area contributed by atoms with Gasteiger partial charge in [-0.2, -0.15) is 0 Å². The summed E-state index contributed by atoms with van der Waals surface area (Å²) in [5.41, 5.74) is 0. The van der Waals surface area contributed by atoms with Crippen LogP contribution in [0.3, 0.4) is 0 Å². The smallest absolute Gasteiger partial charge is 0.306 e. The predicted octanol–water partition coefficient (Wildman–Crippen LogP) is 12.8. The molecule has 0 aliphatic rings. The average Bonchev–Trinajstić information content (AvgIpc) is 3.18. The molecule has 0 aliphatic carbocycles. The summed E-state index contributed by atoms with van der Waals surface area (Å²) in [4.78, 5) is 25.8. The zero-order chi connectivity index (χ0) is 40.3. The van der Waals surface area contributed by atoms with E-state index in [4.69, 9.17) is 4.74 Å². The van der Waals surface area contributed by atoms with E-state index in [2.05, 4.69) is 92.9 Å². The van der Waals surface area contributed by atoms with E-state index >= 15 is 0 Å². The number of hydrogen-bond acceptors (Lipinski definition) is 5. The Morgan fingerprint density at radius 2 is 1.02 bits per heavy atom. The Labute approximate surface area is 338 Å². The highest BCUT2D eigenvalue weighted by molar-refractivity contribution is 5.78. The van der Waals surface area contributed by atoms with E-state index in [1.807, 2.05) is 12.2 Å². The molecule has 0 bridgehead atoms. The molecule has 0 aromatic rings. The van der Waals surface area contributed by atoms with Gasteiger partial charge in [0.05, 0.1) is 25.2 Å². The lowest BCUT2D eigenvalue weighted by Gasteiger charge is -2.23. The SMILES string of the molecule is CC/C=C/C/C=C/C/C=C/C/C=C/C/C=C/CCC(=O)OC(/C=C/C/C=C\CCCCCCCC)CC(=O)NC(CO)C(O)CCCCCCCCCCC. The normalized spacial score (nSPS) is 14.2. The van der Waals surface area contributed by atoms with Gasteiger partial charge in [0, 0.05) is 6.42 Å². The minimum absolute atomic E-state index is 0.0629. The van der Waals surface area contributed by atoms with Crippen LogP contribution in [0.5, 0.6) is 0 Å². The lowest BCUT2D eigenvalue weighted by atomic mass is 10.0. The molecule has 0 fully saturated rings. The number of carbonyl (C=O) groups is 2. The Balaban J connectivity index is 4.82. The van der Waals surface area contributed by atoms with Crippen molar-refractivity contribution in [2.24, 2.45) is 0 Å². The first kappa shape index (κ1) is 52.0. The molecular weight excluding hydrogens is 683 g/mol. The lowest BCUT2D eigenvalue weighted by Crippen LogP contribution is -2.46. The van der Waals surface area contributed by atoms with E-state index in [0.29, 0.717) is 19.3 Å². The highest BCUT2D eigenvalue weighted by Crippen LogP contribution is 2.14. The fraction of sp³-hybridized carbons (Fsp3) is 0.673. The van der Waals surface area contributed by atoms with Crippen molar-refractivity contribution in [2.75, 3.05) is 6.61 Å². The number of unbranched alkanes of at least 4 members (excludes halogenated alkanes) is 14. The molecule has 3 unspecified atom stereocenters. The van der Waals surface area contributed by atoms with Crippen LogP contribution in [0.15, 0.2) is 85.1 Å². The van der Waals surface area contributed by atoms with Crippen LogP contribution in [-0.4, -0.2) is 46.9 Å². The Morgan fingerprint density at radius 1 is 0.564 bits per heavy atom. The topological polar surface area (TPSA) is 95.9 Å². The van der Waals surface area contributed by atoms with E-state index in [-0.39, 0.29) is 31.3 Å². The lowest BCUT2D eigenvalue weighted by molar-refractivity contribution is -0.148. The molecule has 0 heterocycles. The Morgan fingerprint density at radius 3 is 1.55 bits per heavy atom. The zero-order valence-corrected chi connectivity index (χ0v) is 35.5. The van der Waals surface area contributed by atoms with Gasteiger partial charge in [-0.1, -0.05) is 190 Å². The molecule has 0 aromatic heterocycles.